The molecule has 134 valence electrons. The highest BCUT2D eigenvalue weighted by molar-refractivity contribution is 7.84. The Morgan fingerprint density at radius 1 is 1.42 bits per heavy atom. The van der Waals surface area contributed by atoms with Gasteiger partial charge in [0, 0.05) is 41.9 Å². The molecule has 1 aliphatic rings. The average molecular weight is 353 g/mol. The molecule has 1 aromatic rings. The monoisotopic (exact) mass is 352 g/mol. The third-order valence-electron chi connectivity index (χ3n) is 4.01. The number of rotatable bonds is 5. The fourth-order valence-corrected chi connectivity index (χ4v) is 3.06. The summed E-state index contributed by atoms with van der Waals surface area (Å²) in [6.07, 6.45) is 2.27. The van der Waals surface area contributed by atoms with Crippen molar-refractivity contribution in [2.24, 2.45) is 0 Å². The van der Waals surface area contributed by atoms with Gasteiger partial charge in [0.15, 0.2) is 0 Å². The van der Waals surface area contributed by atoms with Crippen molar-refractivity contribution in [2.45, 2.75) is 51.5 Å². The maximum Gasteiger partial charge on any atom is 0.414 e. The van der Waals surface area contributed by atoms with Crippen molar-refractivity contribution in [1.82, 2.24) is 5.32 Å². The predicted molar refractivity (Wildman–Crippen MR) is 99.0 cm³/mol. The van der Waals surface area contributed by atoms with E-state index < -0.39 is 16.4 Å². The molecule has 6 heteroatoms. The number of nitrogens with zero attached hydrogens (tertiary/aromatic N) is 1. The maximum absolute atomic E-state index is 12.5. The lowest BCUT2D eigenvalue weighted by Gasteiger charge is -2.26. The van der Waals surface area contributed by atoms with Crippen molar-refractivity contribution in [1.29, 1.82) is 0 Å². The Morgan fingerprint density at radius 3 is 2.75 bits per heavy atom. The summed E-state index contributed by atoms with van der Waals surface area (Å²) in [5.41, 5.74) is 2.70. The highest BCUT2D eigenvalue weighted by Gasteiger charge is 2.30. The largest absolute Gasteiger partial charge is 0.443 e. The van der Waals surface area contributed by atoms with Gasteiger partial charge in [-0.2, -0.15) is 0 Å². The van der Waals surface area contributed by atoms with Crippen LogP contribution in [0.2, 0.25) is 0 Å². The molecule has 1 heterocycles. The second kappa shape index (κ2) is 7.66. The molecule has 0 radical (unpaired) electrons. The van der Waals surface area contributed by atoms with Crippen LogP contribution >= 0.6 is 0 Å². The Bertz CT molecular complexity index is 625. The number of nitrogens with one attached hydrogen (secondary N) is 1. The van der Waals surface area contributed by atoms with E-state index in [0.717, 1.165) is 17.7 Å². The average Bonchev–Trinajstić information content (AvgIpc) is 2.90. The van der Waals surface area contributed by atoms with E-state index >= 15 is 0 Å². The number of hydrogen-bond acceptors (Lipinski definition) is 4. The molecular formula is C18H28N2O3S. The summed E-state index contributed by atoms with van der Waals surface area (Å²) < 4.78 is 17.0. The number of carbonyl (C=O) groups is 1. The van der Waals surface area contributed by atoms with Gasteiger partial charge in [-0.3, -0.25) is 9.11 Å². The van der Waals surface area contributed by atoms with E-state index in [9.17, 15) is 9.00 Å². The van der Waals surface area contributed by atoms with Gasteiger partial charge in [-0.05, 0) is 45.2 Å². The van der Waals surface area contributed by atoms with Crippen LogP contribution in [0.1, 0.15) is 38.8 Å². The van der Waals surface area contributed by atoms with Crippen LogP contribution in [0, 0.1) is 0 Å². The third-order valence-corrected chi connectivity index (χ3v) is 5.31. The Labute approximate surface area is 147 Å². The first kappa shape index (κ1) is 18.9. The van der Waals surface area contributed by atoms with Gasteiger partial charge in [-0.25, -0.2) is 4.79 Å². The van der Waals surface area contributed by atoms with Crippen molar-refractivity contribution in [2.75, 3.05) is 24.2 Å². The molecule has 2 unspecified atom stereocenters. The number of ether oxygens (including phenoxy) is 1. The Hall–Kier alpha value is -1.40. The van der Waals surface area contributed by atoms with E-state index in [0.29, 0.717) is 19.6 Å². The zero-order valence-corrected chi connectivity index (χ0v) is 16.0. The normalized spacial score (nSPS) is 16.6. The van der Waals surface area contributed by atoms with Crippen molar-refractivity contribution in [3.63, 3.8) is 0 Å². The molecule has 0 fully saturated rings. The Morgan fingerprint density at radius 2 is 2.12 bits per heavy atom. The standard InChI is InChI=1S/C18H28N2O3S/c1-13(24(5)22)11-19-12-15-8-6-7-14-9-10-20(16(14)15)17(21)23-18(2,3)4/h6-8,13,19H,9-12H2,1-5H3. The number of carbonyl (C=O) groups excluding carboxylic acids is 1. The van der Waals surface area contributed by atoms with Crippen molar-refractivity contribution < 1.29 is 13.7 Å². The Kier molecular flexibility index (Phi) is 6.04. The number of fused-ring (bicyclic) bond motifs is 1. The van der Waals surface area contributed by atoms with Gasteiger partial charge in [0.05, 0.1) is 5.69 Å². The van der Waals surface area contributed by atoms with Gasteiger partial charge in [0.1, 0.15) is 5.60 Å². The molecule has 1 N–H and O–H groups in total. The zero-order chi connectivity index (χ0) is 17.9. The van der Waals surface area contributed by atoms with Crippen molar-refractivity contribution >= 4 is 22.6 Å². The lowest BCUT2D eigenvalue weighted by Crippen LogP contribution is -2.36. The van der Waals surface area contributed by atoms with Gasteiger partial charge < -0.3 is 10.1 Å². The molecule has 2 atom stereocenters. The predicted octanol–water partition coefficient (Wildman–Crippen LogP) is 2.84. The van der Waals surface area contributed by atoms with E-state index in [1.807, 2.05) is 39.8 Å². The van der Waals surface area contributed by atoms with E-state index in [1.54, 1.807) is 11.2 Å². The fraction of sp³-hybridized carbons (Fsp3) is 0.611. The summed E-state index contributed by atoms with van der Waals surface area (Å²) in [5, 5.41) is 3.45. The molecule has 0 aromatic heterocycles. The van der Waals surface area contributed by atoms with E-state index in [1.165, 1.54) is 5.56 Å². The van der Waals surface area contributed by atoms with Crippen LogP contribution in [0.15, 0.2) is 18.2 Å². The van der Waals surface area contributed by atoms with E-state index in [2.05, 4.69) is 11.4 Å². The summed E-state index contributed by atoms with van der Waals surface area (Å²) in [7, 11) is -0.840. The molecule has 2 rings (SSSR count). The summed E-state index contributed by atoms with van der Waals surface area (Å²) >= 11 is 0. The molecule has 0 saturated heterocycles. The van der Waals surface area contributed by atoms with Gasteiger partial charge >= 0.3 is 6.09 Å². The molecule has 1 aliphatic heterocycles. The first-order valence-electron chi connectivity index (χ1n) is 8.33. The second-order valence-corrected chi connectivity index (χ2v) is 9.05. The topological polar surface area (TPSA) is 58.6 Å². The molecule has 1 aromatic carbocycles. The molecular weight excluding hydrogens is 324 g/mol. The summed E-state index contributed by atoms with van der Waals surface area (Å²) in [4.78, 5) is 14.2. The lowest BCUT2D eigenvalue weighted by atomic mass is 10.1. The van der Waals surface area contributed by atoms with Gasteiger partial charge in [-0.15, -0.1) is 0 Å². The third kappa shape index (κ3) is 4.80. The molecule has 0 bridgehead atoms. The Balaban J connectivity index is 2.11. The first-order chi connectivity index (χ1) is 11.2. The van der Waals surface area contributed by atoms with Crippen molar-refractivity contribution in [3.8, 4) is 0 Å². The minimum absolute atomic E-state index is 0.101. The molecule has 24 heavy (non-hydrogen) atoms. The highest BCUT2D eigenvalue weighted by Crippen LogP contribution is 2.33. The molecule has 5 nitrogen and oxygen atoms in total. The SMILES string of the molecule is CC(CNCc1cccc2c1N(C(=O)OC(C)(C)C)CC2)S(C)=O. The molecule has 0 saturated carbocycles. The molecule has 0 aliphatic carbocycles. The second-order valence-electron chi connectivity index (χ2n) is 7.25. The number of anilines is 1. The van der Waals surface area contributed by atoms with Crippen LogP contribution < -0.4 is 10.2 Å². The number of benzene rings is 1. The molecule has 0 spiro atoms. The quantitative estimate of drug-likeness (QED) is 0.885. The smallest absolute Gasteiger partial charge is 0.414 e. The van der Waals surface area contributed by atoms with Crippen LogP contribution in [0.5, 0.6) is 0 Å². The summed E-state index contributed by atoms with van der Waals surface area (Å²) in [6.45, 7) is 9.57. The van der Waals surface area contributed by atoms with Gasteiger partial charge in [-0.1, -0.05) is 18.2 Å². The van der Waals surface area contributed by atoms with Gasteiger partial charge in [0.25, 0.3) is 0 Å². The molecule has 1 amide bonds. The van der Waals surface area contributed by atoms with Gasteiger partial charge in [0.2, 0.25) is 0 Å². The summed E-state index contributed by atoms with van der Waals surface area (Å²) in [6, 6.07) is 6.12. The van der Waals surface area contributed by atoms with Crippen molar-refractivity contribution in [3.05, 3.63) is 29.3 Å². The first-order valence-corrected chi connectivity index (χ1v) is 9.95. The van der Waals surface area contributed by atoms with Crippen LogP contribution in [0.4, 0.5) is 10.5 Å². The number of amides is 1. The number of para-hydroxylation sites is 1. The van der Waals surface area contributed by atoms with Crippen LogP contribution in [-0.4, -0.2) is 40.5 Å². The van der Waals surface area contributed by atoms with E-state index in [4.69, 9.17) is 4.74 Å². The number of hydrogen-bond donors (Lipinski definition) is 1. The van der Waals surface area contributed by atoms with Crippen LogP contribution in [0.3, 0.4) is 0 Å². The fourth-order valence-electron chi connectivity index (χ4n) is 2.71. The minimum Gasteiger partial charge on any atom is -0.443 e. The summed E-state index contributed by atoms with van der Waals surface area (Å²) in [5.74, 6) is 0. The maximum atomic E-state index is 12.5. The zero-order valence-electron chi connectivity index (χ0n) is 15.2. The van der Waals surface area contributed by atoms with Crippen LogP contribution in [0.25, 0.3) is 0 Å². The van der Waals surface area contributed by atoms with E-state index in [-0.39, 0.29) is 11.3 Å². The minimum atomic E-state index is -0.840. The highest BCUT2D eigenvalue weighted by atomic mass is 32.2. The lowest BCUT2D eigenvalue weighted by molar-refractivity contribution is 0.0583. The van der Waals surface area contributed by atoms with Crippen LogP contribution in [-0.2, 0) is 28.5 Å².